The Kier molecular flexibility index (Phi) is 7.40. The first-order chi connectivity index (χ1) is 14.2. The Hall–Kier alpha value is -3.13. The second kappa shape index (κ2) is 10.4. The van der Waals surface area contributed by atoms with E-state index in [0.29, 0.717) is 30.6 Å². The summed E-state index contributed by atoms with van der Waals surface area (Å²) in [5.41, 5.74) is 2.45. The van der Waals surface area contributed by atoms with Crippen LogP contribution in [-0.2, 0) is 16.0 Å². The number of nitriles is 1. The molecule has 1 saturated carbocycles. The molecular formula is C24H27N3O2. The minimum Gasteiger partial charge on any atom is -0.356 e. The maximum absolute atomic E-state index is 12.5. The topological polar surface area (TPSA) is 82.0 Å². The number of hydrogen-bond donors (Lipinski definition) is 2. The van der Waals surface area contributed by atoms with E-state index in [1.54, 1.807) is 24.3 Å². The smallest absolute Gasteiger partial charge is 0.227 e. The van der Waals surface area contributed by atoms with Crippen molar-refractivity contribution in [2.24, 2.45) is 11.8 Å². The van der Waals surface area contributed by atoms with Crippen LogP contribution < -0.4 is 10.6 Å². The van der Waals surface area contributed by atoms with Gasteiger partial charge in [-0.05, 0) is 62.3 Å². The fourth-order valence-corrected chi connectivity index (χ4v) is 3.82. The molecule has 1 aliphatic rings. The van der Waals surface area contributed by atoms with Crippen LogP contribution >= 0.6 is 0 Å². The Bertz CT molecular complexity index is 865. The maximum atomic E-state index is 12.5. The molecule has 0 bridgehead atoms. The van der Waals surface area contributed by atoms with Crippen LogP contribution in [0, 0.1) is 23.2 Å². The first-order valence-corrected chi connectivity index (χ1v) is 10.3. The zero-order chi connectivity index (χ0) is 20.5. The molecule has 5 heteroatoms. The van der Waals surface area contributed by atoms with Gasteiger partial charge in [0.1, 0.15) is 0 Å². The molecule has 0 aliphatic heterocycles. The summed E-state index contributed by atoms with van der Waals surface area (Å²) < 4.78 is 0. The van der Waals surface area contributed by atoms with Crippen LogP contribution in [-0.4, -0.2) is 18.4 Å². The van der Waals surface area contributed by atoms with Crippen LogP contribution in [0.5, 0.6) is 0 Å². The second-order valence-corrected chi connectivity index (χ2v) is 7.61. The highest BCUT2D eigenvalue weighted by Crippen LogP contribution is 2.30. The summed E-state index contributed by atoms with van der Waals surface area (Å²) >= 11 is 0. The molecule has 150 valence electrons. The fraction of sp³-hybridized carbons (Fsp3) is 0.375. The van der Waals surface area contributed by atoms with Gasteiger partial charge in [-0.15, -0.1) is 0 Å². The van der Waals surface area contributed by atoms with Crippen molar-refractivity contribution < 1.29 is 9.59 Å². The highest BCUT2D eigenvalue weighted by atomic mass is 16.2. The summed E-state index contributed by atoms with van der Waals surface area (Å²) in [6, 6.07) is 19.3. The van der Waals surface area contributed by atoms with E-state index in [0.717, 1.165) is 25.7 Å². The number of anilines is 1. The lowest BCUT2D eigenvalue weighted by molar-refractivity contribution is -0.128. The molecule has 1 fully saturated rings. The average molecular weight is 389 g/mol. The van der Waals surface area contributed by atoms with Gasteiger partial charge < -0.3 is 10.6 Å². The van der Waals surface area contributed by atoms with E-state index in [4.69, 9.17) is 5.26 Å². The molecule has 0 spiro atoms. The zero-order valence-electron chi connectivity index (χ0n) is 16.6. The predicted molar refractivity (Wildman–Crippen MR) is 113 cm³/mol. The van der Waals surface area contributed by atoms with Gasteiger partial charge in [0.05, 0.1) is 11.6 Å². The summed E-state index contributed by atoms with van der Waals surface area (Å²) in [7, 11) is 0. The highest BCUT2D eigenvalue weighted by molar-refractivity contribution is 5.93. The summed E-state index contributed by atoms with van der Waals surface area (Å²) in [5.74, 6) is 0.000940. The monoisotopic (exact) mass is 389 g/mol. The van der Waals surface area contributed by atoms with Crippen molar-refractivity contribution in [2.45, 2.75) is 38.5 Å². The number of hydrogen-bond acceptors (Lipinski definition) is 3. The highest BCUT2D eigenvalue weighted by Gasteiger charge is 2.29. The number of rotatable bonds is 7. The first kappa shape index (κ1) is 20.6. The first-order valence-electron chi connectivity index (χ1n) is 10.3. The molecule has 2 aromatic rings. The van der Waals surface area contributed by atoms with Crippen LogP contribution in [0.2, 0.25) is 0 Å². The van der Waals surface area contributed by atoms with Crippen molar-refractivity contribution in [2.75, 3.05) is 11.9 Å². The zero-order valence-corrected chi connectivity index (χ0v) is 16.6. The minimum atomic E-state index is -0.0807. The number of amides is 2. The number of nitrogens with one attached hydrogen (secondary N) is 2. The molecule has 0 radical (unpaired) electrons. The molecule has 3 rings (SSSR count). The number of aryl methyl sites for hydroxylation is 1. The third-order valence-corrected chi connectivity index (χ3v) is 5.51. The number of carbonyl (C=O) groups excluding carboxylic acids is 2. The van der Waals surface area contributed by atoms with Gasteiger partial charge in [-0.25, -0.2) is 0 Å². The molecule has 0 saturated heterocycles. The SMILES string of the molecule is N#Cc1cccc(NC(=O)C2CCC(C(=O)NCCCc3ccccc3)CC2)c1. The Morgan fingerprint density at radius 2 is 1.62 bits per heavy atom. The van der Waals surface area contributed by atoms with E-state index in [1.807, 2.05) is 18.2 Å². The van der Waals surface area contributed by atoms with Crippen molar-refractivity contribution in [1.29, 1.82) is 5.26 Å². The summed E-state index contributed by atoms with van der Waals surface area (Å²) in [6.07, 6.45) is 4.79. The molecule has 0 heterocycles. The van der Waals surface area contributed by atoms with Crippen LogP contribution in [0.4, 0.5) is 5.69 Å². The Morgan fingerprint density at radius 1 is 0.931 bits per heavy atom. The minimum absolute atomic E-state index is 0.00214. The molecular weight excluding hydrogens is 362 g/mol. The van der Waals surface area contributed by atoms with E-state index < -0.39 is 0 Å². The third-order valence-electron chi connectivity index (χ3n) is 5.51. The summed E-state index contributed by atoms with van der Waals surface area (Å²) in [4.78, 5) is 24.9. The molecule has 2 N–H and O–H groups in total. The van der Waals surface area contributed by atoms with Crippen LogP contribution in [0.25, 0.3) is 0 Å². The van der Waals surface area contributed by atoms with Crippen molar-refractivity contribution >= 4 is 17.5 Å². The number of nitrogens with zero attached hydrogens (tertiary/aromatic N) is 1. The molecule has 0 atom stereocenters. The Labute approximate surface area is 172 Å². The van der Waals surface area contributed by atoms with Crippen molar-refractivity contribution in [3.8, 4) is 6.07 Å². The van der Waals surface area contributed by atoms with Gasteiger partial charge in [0.25, 0.3) is 0 Å². The average Bonchev–Trinajstić information content (AvgIpc) is 2.77. The molecule has 29 heavy (non-hydrogen) atoms. The van der Waals surface area contributed by atoms with Crippen molar-refractivity contribution in [3.63, 3.8) is 0 Å². The standard InChI is InChI=1S/C24H27N3O2/c25-17-19-8-4-10-22(16-19)27-24(29)21-13-11-20(12-14-21)23(28)26-15-5-9-18-6-2-1-3-7-18/h1-4,6-8,10,16,20-21H,5,9,11-15H2,(H,26,28)(H,27,29). The van der Waals surface area contributed by atoms with Gasteiger partial charge in [-0.1, -0.05) is 36.4 Å². The maximum Gasteiger partial charge on any atom is 0.227 e. The molecule has 2 aromatic carbocycles. The van der Waals surface area contributed by atoms with E-state index in [9.17, 15) is 9.59 Å². The lowest BCUT2D eigenvalue weighted by Crippen LogP contribution is -2.36. The lowest BCUT2D eigenvalue weighted by atomic mass is 9.81. The van der Waals surface area contributed by atoms with Gasteiger partial charge in [-0.3, -0.25) is 9.59 Å². The largest absolute Gasteiger partial charge is 0.356 e. The molecule has 0 aromatic heterocycles. The predicted octanol–water partition coefficient (Wildman–Crippen LogP) is 4.05. The quantitative estimate of drug-likeness (QED) is 0.701. The molecule has 1 aliphatic carbocycles. The Balaban J connectivity index is 1.37. The van der Waals surface area contributed by atoms with E-state index >= 15 is 0 Å². The summed E-state index contributed by atoms with van der Waals surface area (Å²) in [6.45, 7) is 0.684. The van der Waals surface area contributed by atoms with E-state index in [2.05, 4.69) is 28.8 Å². The van der Waals surface area contributed by atoms with Crippen LogP contribution in [0.1, 0.15) is 43.2 Å². The van der Waals surface area contributed by atoms with Gasteiger partial charge in [0, 0.05) is 24.1 Å². The van der Waals surface area contributed by atoms with Gasteiger partial charge in [0.2, 0.25) is 11.8 Å². The number of benzene rings is 2. The van der Waals surface area contributed by atoms with E-state index in [1.165, 1.54) is 5.56 Å². The van der Waals surface area contributed by atoms with Gasteiger partial charge in [-0.2, -0.15) is 5.26 Å². The van der Waals surface area contributed by atoms with Crippen LogP contribution in [0.15, 0.2) is 54.6 Å². The van der Waals surface area contributed by atoms with E-state index in [-0.39, 0.29) is 23.7 Å². The third kappa shape index (κ3) is 6.18. The number of carbonyl (C=O) groups is 2. The molecule has 0 unspecified atom stereocenters. The Morgan fingerprint density at radius 3 is 2.31 bits per heavy atom. The van der Waals surface area contributed by atoms with Gasteiger partial charge >= 0.3 is 0 Å². The summed E-state index contributed by atoms with van der Waals surface area (Å²) in [5, 5.41) is 14.9. The lowest BCUT2D eigenvalue weighted by Gasteiger charge is -2.27. The second-order valence-electron chi connectivity index (χ2n) is 7.61. The van der Waals surface area contributed by atoms with Crippen LogP contribution in [0.3, 0.4) is 0 Å². The van der Waals surface area contributed by atoms with Crippen molar-refractivity contribution in [3.05, 3.63) is 65.7 Å². The van der Waals surface area contributed by atoms with Gasteiger partial charge in [0.15, 0.2) is 0 Å². The fourth-order valence-electron chi connectivity index (χ4n) is 3.82. The molecule has 5 nitrogen and oxygen atoms in total. The normalized spacial score (nSPS) is 18.4. The molecule has 2 amide bonds. The van der Waals surface area contributed by atoms with Crippen molar-refractivity contribution in [1.82, 2.24) is 5.32 Å².